The van der Waals surface area contributed by atoms with E-state index in [0.717, 1.165) is 29.2 Å². The van der Waals surface area contributed by atoms with E-state index in [2.05, 4.69) is 11.9 Å². The van der Waals surface area contributed by atoms with Gasteiger partial charge in [-0.3, -0.25) is 0 Å². The van der Waals surface area contributed by atoms with E-state index >= 15 is 0 Å². The molecule has 1 atom stereocenters. The summed E-state index contributed by atoms with van der Waals surface area (Å²) in [6.07, 6.45) is 2.60. The van der Waals surface area contributed by atoms with Crippen LogP contribution in [0.1, 0.15) is 25.1 Å². The summed E-state index contributed by atoms with van der Waals surface area (Å²) in [7, 11) is 1.67. The maximum Gasteiger partial charge on any atom is 0.161 e. The van der Waals surface area contributed by atoms with E-state index in [1.165, 1.54) is 0 Å². The zero-order valence-corrected chi connectivity index (χ0v) is 11.4. The molecule has 0 bridgehead atoms. The normalized spacial score (nSPS) is 12.1. The molecule has 0 aliphatic heterocycles. The van der Waals surface area contributed by atoms with Gasteiger partial charge in [-0.2, -0.15) is 0 Å². The van der Waals surface area contributed by atoms with E-state index in [0.29, 0.717) is 0 Å². The van der Waals surface area contributed by atoms with E-state index in [1.54, 1.807) is 13.4 Å². The Morgan fingerprint density at radius 3 is 2.58 bits per heavy atom. The number of ether oxygens (including phenoxy) is 1. The van der Waals surface area contributed by atoms with Gasteiger partial charge in [-0.25, -0.2) is 0 Å². The van der Waals surface area contributed by atoms with Crippen LogP contribution in [0.25, 0.3) is 0 Å². The zero-order valence-electron chi connectivity index (χ0n) is 11.4. The molecule has 2 rings (SSSR count). The second-order valence-electron chi connectivity index (χ2n) is 4.72. The highest BCUT2D eigenvalue weighted by Crippen LogP contribution is 2.19. The molecule has 0 aliphatic carbocycles. The number of benzene rings is 1. The van der Waals surface area contributed by atoms with E-state index < -0.39 is 0 Å². The first kappa shape index (κ1) is 13.4. The van der Waals surface area contributed by atoms with Crippen molar-refractivity contribution < 1.29 is 14.5 Å². The molecule has 0 spiro atoms. The molecule has 0 saturated carbocycles. The first-order valence-electron chi connectivity index (χ1n) is 6.35. The van der Waals surface area contributed by atoms with Gasteiger partial charge in [-0.15, -0.1) is 0 Å². The van der Waals surface area contributed by atoms with E-state index in [4.69, 9.17) is 9.15 Å². The number of quaternary nitrogens is 1. The van der Waals surface area contributed by atoms with Gasteiger partial charge in [0.2, 0.25) is 0 Å². The first-order valence-corrected chi connectivity index (χ1v) is 6.35. The number of hydrogen-bond donors (Lipinski definition) is 1. The standard InChI is InChI=1S/C16H19NO2/c1-12(2)11-15(16-5-4-10-19-16)17-13-6-8-14(18-3)9-7-13/h4-10,15,17H,1,11H2,2-3H3/p+1. The lowest BCUT2D eigenvalue weighted by Crippen LogP contribution is -2.79. The molecule has 2 aromatic rings. The highest BCUT2D eigenvalue weighted by Gasteiger charge is 2.18. The Labute approximate surface area is 113 Å². The molecule has 0 amide bonds. The quantitative estimate of drug-likeness (QED) is 0.638. The monoisotopic (exact) mass is 258 g/mol. The number of furan rings is 1. The molecule has 0 aliphatic rings. The van der Waals surface area contributed by atoms with Crippen LogP contribution >= 0.6 is 0 Å². The third-order valence-corrected chi connectivity index (χ3v) is 2.99. The van der Waals surface area contributed by atoms with Crippen LogP contribution in [0.15, 0.2) is 59.2 Å². The third kappa shape index (κ3) is 3.73. The van der Waals surface area contributed by atoms with Crippen molar-refractivity contribution >= 4 is 5.69 Å². The molecule has 3 heteroatoms. The second-order valence-corrected chi connectivity index (χ2v) is 4.72. The fourth-order valence-electron chi connectivity index (χ4n) is 2.07. The minimum Gasteiger partial charge on any atom is -0.497 e. The summed E-state index contributed by atoms with van der Waals surface area (Å²) in [5.41, 5.74) is 2.30. The molecule has 3 nitrogen and oxygen atoms in total. The van der Waals surface area contributed by atoms with Crippen molar-refractivity contribution in [3.63, 3.8) is 0 Å². The molecule has 1 heterocycles. The van der Waals surface area contributed by atoms with Gasteiger partial charge in [0.1, 0.15) is 11.4 Å². The van der Waals surface area contributed by atoms with Crippen LogP contribution in [0.4, 0.5) is 5.69 Å². The fourth-order valence-corrected chi connectivity index (χ4v) is 2.07. The summed E-state index contributed by atoms with van der Waals surface area (Å²) in [4.78, 5) is 0. The Balaban J connectivity index is 2.12. The van der Waals surface area contributed by atoms with Crippen molar-refractivity contribution in [3.8, 4) is 5.75 Å². The lowest BCUT2D eigenvalue weighted by Gasteiger charge is -2.13. The zero-order chi connectivity index (χ0) is 13.7. The molecule has 19 heavy (non-hydrogen) atoms. The molecular weight excluding hydrogens is 238 g/mol. The summed E-state index contributed by atoms with van der Waals surface area (Å²) in [6, 6.07) is 12.2. The van der Waals surface area contributed by atoms with Gasteiger partial charge in [0.15, 0.2) is 11.8 Å². The lowest BCUT2D eigenvalue weighted by atomic mass is 10.1. The maximum absolute atomic E-state index is 5.52. The molecular formula is C16H20NO2+. The van der Waals surface area contributed by atoms with E-state index in [-0.39, 0.29) is 6.04 Å². The molecule has 1 unspecified atom stereocenters. The lowest BCUT2D eigenvalue weighted by molar-refractivity contribution is -0.620. The van der Waals surface area contributed by atoms with Gasteiger partial charge in [-0.1, -0.05) is 12.2 Å². The Hall–Kier alpha value is -2.00. The predicted molar refractivity (Wildman–Crippen MR) is 75.5 cm³/mol. The summed E-state index contributed by atoms with van der Waals surface area (Å²) >= 11 is 0. The highest BCUT2D eigenvalue weighted by molar-refractivity contribution is 5.35. The summed E-state index contributed by atoms with van der Waals surface area (Å²) in [5, 5.41) is 2.20. The number of hydrogen-bond acceptors (Lipinski definition) is 2. The molecule has 1 aromatic carbocycles. The summed E-state index contributed by atoms with van der Waals surface area (Å²) < 4.78 is 10.7. The Morgan fingerprint density at radius 2 is 2.05 bits per heavy atom. The van der Waals surface area contributed by atoms with Crippen LogP contribution < -0.4 is 10.1 Å². The third-order valence-electron chi connectivity index (χ3n) is 2.99. The van der Waals surface area contributed by atoms with Crippen molar-refractivity contribution in [1.29, 1.82) is 0 Å². The van der Waals surface area contributed by atoms with Gasteiger partial charge in [0.05, 0.1) is 13.4 Å². The SMILES string of the molecule is C=C(C)CC([NH2+]c1ccc(OC)cc1)c1ccco1. The van der Waals surface area contributed by atoms with Crippen molar-refractivity contribution in [2.45, 2.75) is 19.4 Å². The molecule has 1 aromatic heterocycles. The maximum atomic E-state index is 5.52. The van der Waals surface area contributed by atoms with Gasteiger partial charge < -0.3 is 14.5 Å². The highest BCUT2D eigenvalue weighted by atomic mass is 16.5. The Bertz CT molecular complexity index is 514. The number of nitrogens with two attached hydrogens (primary N) is 1. The molecule has 0 fully saturated rings. The number of methoxy groups -OCH3 is 1. The van der Waals surface area contributed by atoms with Crippen LogP contribution in [0.2, 0.25) is 0 Å². The van der Waals surface area contributed by atoms with Crippen LogP contribution in [0.5, 0.6) is 5.75 Å². The van der Waals surface area contributed by atoms with Crippen LogP contribution in [0.3, 0.4) is 0 Å². The first-order chi connectivity index (χ1) is 9.19. The van der Waals surface area contributed by atoms with E-state index in [1.807, 2.05) is 43.3 Å². The molecule has 0 saturated heterocycles. The average molecular weight is 258 g/mol. The van der Waals surface area contributed by atoms with Crippen LogP contribution in [0, 0.1) is 0 Å². The topological polar surface area (TPSA) is 39.0 Å². The minimum atomic E-state index is 0.223. The molecule has 2 N–H and O–H groups in total. The van der Waals surface area contributed by atoms with Gasteiger partial charge in [-0.05, 0) is 31.2 Å². The van der Waals surface area contributed by atoms with Gasteiger partial charge in [0.25, 0.3) is 0 Å². The predicted octanol–water partition coefficient (Wildman–Crippen LogP) is 3.19. The average Bonchev–Trinajstić information content (AvgIpc) is 2.92. The van der Waals surface area contributed by atoms with Crippen molar-refractivity contribution in [2.24, 2.45) is 0 Å². The van der Waals surface area contributed by atoms with Gasteiger partial charge in [0, 0.05) is 18.6 Å². The molecule has 0 radical (unpaired) electrons. The van der Waals surface area contributed by atoms with Crippen molar-refractivity contribution in [3.05, 3.63) is 60.6 Å². The largest absolute Gasteiger partial charge is 0.497 e. The van der Waals surface area contributed by atoms with Crippen molar-refractivity contribution in [1.82, 2.24) is 0 Å². The Kier molecular flexibility index (Phi) is 4.42. The van der Waals surface area contributed by atoms with E-state index in [9.17, 15) is 0 Å². The van der Waals surface area contributed by atoms with Crippen LogP contribution in [-0.2, 0) is 0 Å². The minimum absolute atomic E-state index is 0.223. The van der Waals surface area contributed by atoms with Crippen molar-refractivity contribution in [2.75, 3.05) is 7.11 Å². The van der Waals surface area contributed by atoms with Gasteiger partial charge >= 0.3 is 0 Å². The summed E-state index contributed by atoms with van der Waals surface area (Å²) in [6.45, 7) is 6.03. The van der Waals surface area contributed by atoms with Crippen LogP contribution in [-0.4, -0.2) is 7.11 Å². The smallest absolute Gasteiger partial charge is 0.161 e. The Morgan fingerprint density at radius 1 is 1.32 bits per heavy atom. The second kappa shape index (κ2) is 6.25. The summed E-state index contributed by atoms with van der Waals surface area (Å²) in [5.74, 6) is 1.84. The fraction of sp³-hybridized carbons (Fsp3) is 0.250. The molecule has 100 valence electrons. The number of rotatable bonds is 6.